The van der Waals surface area contributed by atoms with Crippen LogP contribution in [-0.4, -0.2) is 48.8 Å². The molecular weight excluding hydrogens is 312 g/mol. The van der Waals surface area contributed by atoms with E-state index >= 15 is 0 Å². The maximum Gasteiger partial charge on any atom is 0.148 e. The SMILES string of the molecule is OCC(COOCC(O)COc1ccccc1)Oc1ccccc1. The normalized spacial score (nSPS) is 13.2. The number of ether oxygens (including phenoxy) is 2. The summed E-state index contributed by atoms with van der Waals surface area (Å²) in [7, 11) is 0. The van der Waals surface area contributed by atoms with E-state index in [2.05, 4.69) is 0 Å². The number of rotatable bonds is 11. The molecule has 24 heavy (non-hydrogen) atoms. The largest absolute Gasteiger partial charge is 0.491 e. The fraction of sp³-hybridized carbons (Fsp3) is 0.333. The first kappa shape index (κ1) is 18.2. The third-order valence-corrected chi connectivity index (χ3v) is 3.03. The molecule has 0 aliphatic heterocycles. The summed E-state index contributed by atoms with van der Waals surface area (Å²) in [4.78, 5) is 9.91. The Morgan fingerprint density at radius 3 is 1.96 bits per heavy atom. The molecule has 0 bridgehead atoms. The lowest BCUT2D eigenvalue weighted by Gasteiger charge is -2.17. The fourth-order valence-electron chi connectivity index (χ4n) is 1.82. The molecule has 6 heteroatoms. The lowest BCUT2D eigenvalue weighted by atomic mass is 10.3. The molecule has 0 aromatic heterocycles. The molecule has 0 saturated heterocycles. The smallest absolute Gasteiger partial charge is 0.148 e. The third-order valence-electron chi connectivity index (χ3n) is 3.03. The fourth-order valence-corrected chi connectivity index (χ4v) is 1.82. The Hall–Kier alpha value is -2.12. The second kappa shape index (κ2) is 10.6. The molecule has 0 aliphatic rings. The molecule has 2 N–H and O–H groups in total. The molecule has 0 fully saturated rings. The Bertz CT molecular complexity index is 548. The lowest BCUT2D eigenvalue weighted by Crippen LogP contribution is -2.29. The second-order valence-corrected chi connectivity index (χ2v) is 5.08. The highest BCUT2D eigenvalue weighted by Gasteiger charge is 2.12. The van der Waals surface area contributed by atoms with E-state index in [0.29, 0.717) is 11.5 Å². The maximum absolute atomic E-state index is 9.76. The third kappa shape index (κ3) is 6.97. The second-order valence-electron chi connectivity index (χ2n) is 5.08. The summed E-state index contributed by atoms with van der Waals surface area (Å²) in [5.41, 5.74) is 0. The van der Waals surface area contributed by atoms with Crippen molar-refractivity contribution >= 4 is 0 Å². The summed E-state index contributed by atoms with van der Waals surface area (Å²) in [6.07, 6.45) is -1.38. The Morgan fingerprint density at radius 1 is 0.750 bits per heavy atom. The van der Waals surface area contributed by atoms with E-state index in [9.17, 15) is 10.2 Å². The van der Waals surface area contributed by atoms with Gasteiger partial charge in [-0.1, -0.05) is 36.4 Å². The Kier molecular flexibility index (Phi) is 8.06. The van der Waals surface area contributed by atoms with Crippen LogP contribution < -0.4 is 9.47 Å². The number of aliphatic hydroxyl groups excluding tert-OH is 2. The molecule has 2 rings (SSSR count). The van der Waals surface area contributed by atoms with Gasteiger partial charge >= 0.3 is 0 Å². The van der Waals surface area contributed by atoms with Crippen LogP contribution in [0.15, 0.2) is 60.7 Å². The van der Waals surface area contributed by atoms with Crippen LogP contribution in [0.3, 0.4) is 0 Å². The Labute approximate surface area is 141 Å². The van der Waals surface area contributed by atoms with E-state index in [1.165, 1.54) is 0 Å². The van der Waals surface area contributed by atoms with Crippen molar-refractivity contribution in [1.29, 1.82) is 0 Å². The van der Waals surface area contributed by atoms with Gasteiger partial charge in [0.05, 0.1) is 6.61 Å². The quantitative estimate of drug-likeness (QED) is 0.371. The van der Waals surface area contributed by atoms with Gasteiger partial charge in [-0.15, -0.1) is 0 Å². The van der Waals surface area contributed by atoms with Crippen LogP contribution in [0.1, 0.15) is 0 Å². The predicted molar refractivity (Wildman–Crippen MR) is 87.8 cm³/mol. The minimum absolute atomic E-state index is 0.0393. The standard InChI is InChI=1S/C18H22O6/c19-11-18(24-17-9-5-2-6-10-17)14-23-22-13-15(20)12-21-16-7-3-1-4-8-16/h1-10,15,18-20H,11-14H2. The van der Waals surface area contributed by atoms with Crippen molar-refractivity contribution in [2.24, 2.45) is 0 Å². The van der Waals surface area contributed by atoms with Gasteiger partial charge in [0.2, 0.25) is 0 Å². The molecule has 0 radical (unpaired) electrons. The van der Waals surface area contributed by atoms with E-state index in [1.54, 1.807) is 24.3 Å². The van der Waals surface area contributed by atoms with Crippen LogP contribution in [0, 0.1) is 0 Å². The topological polar surface area (TPSA) is 77.4 Å². The van der Waals surface area contributed by atoms with E-state index in [0.717, 1.165) is 0 Å². The average molecular weight is 334 g/mol. The highest BCUT2D eigenvalue weighted by atomic mass is 17.2. The van der Waals surface area contributed by atoms with Crippen LogP contribution in [-0.2, 0) is 9.78 Å². The molecule has 0 saturated carbocycles. The monoisotopic (exact) mass is 334 g/mol. The molecule has 0 amide bonds. The first-order chi connectivity index (χ1) is 11.8. The summed E-state index contributed by atoms with van der Waals surface area (Å²) in [6, 6.07) is 18.3. The Balaban J connectivity index is 1.59. The van der Waals surface area contributed by atoms with Crippen LogP contribution in [0.5, 0.6) is 11.5 Å². The van der Waals surface area contributed by atoms with Crippen molar-refractivity contribution in [2.45, 2.75) is 12.2 Å². The van der Waals surface area contributed by atoms with Gasteiger partial charge in [-0.25, -0.2) is 9.78 Å². The van der Waals surface area contributed by atoms with Crippen molar-refractivity contribution in [1.82, 2.24) is 0 Å². The van der Waals surface area contributed by atoms with Gasteiger partial charge in [0, 0.05) is 0 Å². The van der Waals surface area contributed by atoms with E-state index in [-0.39, 0.29) is 26.4 Å². The van der Waals surface area contributed by atoms with Crippen LogP contribution in [0.4, 0.5) is 0 Å². The molecule has 2 atom stereocenters. The van der Waals surface area contributed by atoms with Gasteiger partial charge in [-0.3, -0.25) is 0 Å². The highest BCUT2D eigenvalue weighted by molar-refractivity contribution is 5.21. The molecule has 0 aliphatic carbocycles. The van der Waals surface area contributed by atoms with Crippen LogP contribution in [0.25, 0.3) is 0 Å². The summed E-state index contributed by atoms with van der Waals surface area (Å²) in [6.45, 7) is -0.122. The van der Waals surface area contributed by atoms with Gasteiger partial charge < -0.3 is 19.7 Å². The molecular formula is C18H22O6. The van der Waals surface area contributed by atoms with Crippen molar-refractivity contribution in [3.63, 3.8) is 0 Å². The first-order valence-corrected chi connectivity index (χ1v) is 7.71. The first-order valence-electron chi connectivity index (χ1n) is 7.71. The number of para-hydroxylation sites is 2. The molecule has 130 valence electrons. The minimum Gasteiger partial charge on any atom is -0.491 e. The maximum atomic E-state index is 9.76. The summed E-state index contributed by atoms with van der Waals surface area (Å²) in [5, 5.41) is 19.0. The zero-order chi connectivity index (χ0) is 17.0. The van der Waals surface area contributed by atoms with Gasteiger partial charge in [0.1, 0.15) is 43.5 Å². The van der Waals surface area contributed by atoms with E-state index in [4.69, 9.17) is 19.2 Å². The number of benzene rings is 2. The zero-order valence-electron chi connectivity index (χ0n) is 13.3. The van der Waals surface area contributed by atoms with Crippen LogP contribution in [0.2, 0.25) is 0 Å². The van der Waals surface area contributed by atoms with Crippen molar-refractivity contribution in [2.75, 3.05) is 26.4 Å². The lowest BCUT2D eigenvalue weighted by molar-refractivity contribution is -0.315. The van der Waals surface area contributed by atoms with Gasteiger partial charge in [0.15, 0.2) is 0 Å². The summed E-state index contributed by atoms with van der Waals surface area (Å²) in [5.74, 6) is 1.31. The summed E-state index contributed by atoms with van der Waals surface area (Å²) >= 11 is 0. The molecule has 2 unspecified atom stereocenters. The predicted octanol–water partition coefficient (Wildman–Crippen LogP) is 1.81. The van der Waals surface area contributed by atoms with E-state index in [1.807, 2.05) is 36.4 Å². The van der Waals surface area contributed by atoms with Crippen molar-refractivity contribution in [3.8, 4) is 11.5 Å². The Morgan fingerprint density at radius 2 is 1.33 bits per heavy atom. The molecule has 0 heterocycles. The molecule has 0 spiro atoms. The molecule has 2 aromatic carbocycles. The van der Waals surface area contributed by atoms with Gasteiger partial charge in [-0.05, 0) is 24.3 Å². The minimum atomic E-state index is -0.826. The van der Waals surface area contributed by atoms with Crippen molar-refractivity contribution < 1.29 is 29.5 Å². The van der Waals surface area contributed by atoms with Crippen molar-refractivity contribution in [3.05, 3.63) is 60.7 Å². The number of hydrogen-bond donors (Lipinski definition) is 2. The number of aliphatic hydroxyl groups is 2. The van der Waals surface area contributed by atoms with Crippen LogP contribution >= 0.6 is 0 Å². The van der Waals surface area contributed by atoms with Gasteiger partial charge in [0.25, 0.3) is 0 Å². The van der Waals surface area contributed by atoms with E-state index < -0.39 is 12.2 Å². The highest BCUT2D eigenvalue weighted by Crippen LogP contribution is 2.11. The molecule has 6 nitrogen and oxygen atoms in total. The summed E-state index contributed by atoms with van der Waals surface area (Å²) < 4.78 is 10.9. The number of hydrogen-bond acceptors (Lipinski definition) is 6. The zero-order valence-corrected chi connectivity index (χ0v) is 13.3. The average Bonchev–Trinajstić information content (AvgIpc) is 2.64. The molecule has 2 aromatic rings. The van der Waals surface area contributed by atoms with Gasteiger partial charge in [-0.2, -0.15) is 0 Å².